The predicted octanol–water partition coefficient (Wildman–Crippen LogP) is 2.29. The Kier molecular flexibility index (Phi) is 6.50. The number of aliphatic hydroxyl groups is 1. The Balaban J connectivity index is 1.37. The van der Waals surface area contributed by atoms with Crippen LogP contribution in [0.25, 0.3) is 10.9 Å². The SMILES string of the molecule is CCn1cc(C(O)CN2CCN(S(=O)(=O)N3CCC(C)CC3)CC2)c2ccccc21. The molecule has 0 radical (unpaired) electrons. The summed E-state index contributed by atoms with van der Waals surface area (Å²) in [5.41, 5.74) is 2.09. The minimum Gasteiger partial charge on any atom is -0.387 e. The van der Waals surface area contributed by atoms with Crippen LogP contribution in [-0.2, 0) is 16.8 Å². The van der Waals surface area contributed by atoms with Gasteiger partial charge in [-0.1, -0.05) is 25.1 Å². The molecular weight excluding hydrogens is 400 g/mol. The number of aryl methyl sites for hydroxylation is 1. The van der Waals surface area contributed by atoms with Gasteiger partial charge in [-0.25, -0.2) is 0 Å². The molecule has 1 N–H and O–H groups in total. The minimum absolute atomic E-state index is 0.484. The molecule has 1 unspecified atom stereocenters. The fourth-order valence-corrected chi connectivity index (χ4v) is 6.29. The molecule has 2 fully saturated rings. The van der Waals surface area contributed by atoms with Crippen molar-refractivity contribution >= 4 is 21.1 Å². The molecule has 0 amide bonds. The van der Waals surface area contributed by atoms with Crippen molar-refractivity contribution in [3.63, 3.8) is 0 Å². The average molecular weight is 435 g/mol. The van der Waals surface area contributed by atoms with Crippen LogP contribution in [0.1, 0.15) is 38.4 Å². The topological polar surface area (TPSA) is 69.0 Å². The Bertz CT molecular complexity index is 958. The van der Waals surface area contributed by atoms with Crippen molar-refractivity contribution in [3.8, 4) is 0 Å². The zero-order valence-electron chi connectivity index (χ0n) is 18.1. The molecule has 30 heavy (non-hydrogen) atoms. The highest BCUT2D eigenvalue weighted by Crippen LogP contribution is 2.28. The van der Waals surface area contributed by atoms with Gasteiger partial charge in [-0.15, -0.1) is 0 Å². The second-order valence-electron chi connectivity index (χ2n) is 8.69. The molecule has 1 aromatic heterocycles. The van der Waals surface area contributed by atoms with Gasteiger partial charge in [-0.2, -0.15) is 17.0 Å². The lowest BCUT2D eigenvalue weighted by molar-refractivity contribution is 0.0910. The van der Waals surface area contributed by atoms with E-state index in [2.05, 4.69) is 35.4 Å². The molecule has 4 rings (SSSR count). The van der Waals surface area contributed by atoms with Crippen molar-refractivity contribution in [2.75, 3.05) is 45.8 Å². The molecule has 2 aromatic rings. The fourth-order valence-electron chi connectivity index (χ4n) is 4.67. The first kappa shape index (κ1) is 21.8. The number of aliphatic hydroxyl groups excluding tert-OH is 1. The van der Waals surface area contributed by atoms with Gasteiger partial charge in [-0.3, -0.25) is 4.90 Å². The summed E-state index contributed by atoms with van der Waals surface area (Å²) in [6.45, 7) is 9.19. The smallest absolute Gasteiger partial charge is 0.282 e. The first-order chi connectivity index (χ1) is 14.4. The number of fused-ring (bicyclic) bond motifs is 1. The van der Waals surface area contributed by atoms with E-state index in [1.807, 2.05) is 18.3 Å². The third-order valence-corrected chi connectivity index (χ3v) is 8.71. The zero-order chi connectivity index (χ0) is 21.3. The van der Waals surface area contributed by atoms with Crippen molar-refractivity contribution in [1.82, 2.24) is 18.1 Å². The van der Waals surface area contributed by atoms with Gasteiger partial charge in [0.1, 0.15) is 0 Å². The molecule has 1 aromatic carbocycles. The van der Waals surface area contributed by atoms with Crippen LogP contribution in [0, 0.1) is 5.92 Å². The Hall–Kier alpha value is -1.45. The molecule has 2 aliphatic rings. The molecule has 0 aliphatic carbocycles. The predicted molar refractivity (Wildman–Crippen MR) is 119 cm³/mol. The third kappa shape index (κ3) is 4.29. The summed E-state index contributed by atoms with van der Waals surface area (Å²) in [6, 6.07) is 8.17. The first-order valence-corrected chi connectivity index (χ1v) is 12.5. The maximum atomic E-state index is 13.0. The minimum atomic E-state index is -3.37. The number of rotatable bonds is 6. The summed E-state index contributed by atoms with van der Waals surface area (Å²) in [4.78, 5) is 2.17. The van der Waals surface area contributed by atoms with Crippen molar-refractivity contribution in [2.45, 2.75) is 39.3 Å². The van der Waals surface area contributed by atoms with Crippen LogP contribution in [0.5, 0.6) is 0 Å². The molecule has 166 valence electrons. The van der Waals surface area contributed by atoms with E-state index >= 15 is 0 Å². The highest BCUT2D eigenvalue weighted by atomic mass is 32.2. The molecule has 0 saturated carbocycles. The van der Waals surface area contributed by atoms with Crippen LogP contribution in [-0.4, -0.2) is 77.4 Å². The van der Waals surface area contributed by atoms with Crippen LogP contribution >= 0.6 is 0 Å². The van der Waals surface area contributed by atoms with Gasteiger partial charge in [0.25, 0.3) is 10.2 Å². The lowest BCUT2D eigenvalue weighted by Crippen LogP contribution is -2.54. The zero-order valence-corrected chi connectivity index (χ0v) is 18.9. The molecule has 1 atom stereocenters. The van der Waals surface area contributed by atoms with Gasteiger partial charge in [0.05, 0.1) is 6.10 Å². The summed E-state index contributed by atoms with van der Waals surface area (Å²) in [5.74, 6) is 0.605. The van der Waals surface area contributed by atoms with Crippen molar-refractivity contribution in [2.24, 2.45) is 5.92 Å². The second-order valence-corrected chi connectivity index (χ2v) is 10.6. The maximum absolute atomic E-state index is 13.0. The lowest BCUT2D eigenvalue weighted by atomic mass is 10.0. The standard InChI is InChI=1S/C22H34N4O3S/c1-3-24-16-20(19-6-4-5-7-21(19)24)22(27)17-23-12-14-26(15-13-23)30(28,29)25-10-8-18(2)9-11-25/h4-7,16,18,22,27H,3,8-15,17H2,1-2H3. The van der Waals surface area contributed by atoms with E-state index in [0.717, 1.165) is 35.9 Å². The van der Waals surface area contributed by atoms with Crippen molar-refractivity contribution in [1.29, 1.82) is 0 Å². The Morgan fingerprint density at radius 3 is 2.33 bits per heavy atom. The van der Waals surface area contributed by atoms with Gasteiger partial charge in [-0.05, 0) is 31.7 Å². The van der Waals surface area contributed by atoms with Gasteiger partial charge in [0.2, 0.25) is 0 Å². The average Bonchev–Trinajstić information content (AvgIpc) is 3.13. The maximum Gasteiger partial charge on any atom is 0.282 e. The van der Waals surface area contributed by atoms with E-state index in [1.165, 1.54) is 0 Å². The number of nitrogens with zero attached hydrogens (tertiary/aromatic N) is 4. The quantitative estimate of drug-likeness (QED) is 0.757. The van der Waals surface area contributed by atoms with E-state index < -0.39 is 16.3 Å². The van der Waals surface area contributed by atoms with Crippen LogP contribution < -0.4 is 0 Å². The summed E-state index contributed by atoms with van der Waals surface area (Å²) in [6.07, 6.45) is 3.34. The normalized spacial score (nSPS) is 22.0. The van der Waals surface area contributed by atoms with Gasteiger partial charge >= 0.3 is 0 Å². The first-order valence-electron chi connectivity index (χ1n) is 11.1. The number of para-hydroxylation sites is 1. The summed E-state index contributed by atoms with van der Waals surface area (Å²) in [7, 11) is -3.37. The van der Waals surface area contributed by atoms with Crippen LogP contribution in [0.15, 0.2) is 30.5 Å². The van der Waals surface area contributed by atoms with E-state index in [-0.39, 0.29) is 0 Å². The number of piperidine rings is 1. The second kappa shape index (κ2) is 8.96. The van der Waals surface area contributed by atoms with E-state index in [1.54, 1.807) is 8.61 Å². The Morgan fingerprint density at radius 2 is 1.67 bits per heavy atom. The van der Waals surface area contributed by atoms with Crippen molar-refractivity contribution in [3.05, 3.63) is 36.0 Å². The molecule has 0 spiro atoms. The van der Waals surface area contributed by atoms with Crippen LogP contribution in [0.4, 0.5) is 0 Å². The summed E-state index contributed by atoms with van der Waals surface area (Å²) in [5, 5.41) is 12.0. The fraction of sp³-hybridized carbons (Fsp3) is 0.636. The van der Waals surface area contributed by atoms with Crippen molar-refractivity contribution < 1.29 is 13.5 Å². The molecule has 2 saturated heterocycles. The van der Waals surface area contributed by atoms with E-state index in [9.17, 15) is 13.5 Å². The molecule has 3 heterocycles. The molecule has 7 nitrogen and oxygen atoms in total. The van der Waals surface area contributed by atoms with Gasteiger partial charge in [0, 0.05) is 75.0 Å². The number of benzene rings is 1. The van der Waals surface area contributed by atoms with Gasteiger partial charge in [0.15, 0.2) is 0 Å². The molecule has 2 aliphatic heterocycles. The highest BCUT2D eigenvalue weighted by molar-refractivity contribution is 7.86. The number of β-amino-alcohol motifs (C(OH)–C–C–N with tert-alkyl or cyclic N) is 1. The van der Waals surface area contributed by atoms with E-state index in [0.29, 0.717) is 51.7 Å². The van der Waals surface area contributed by atoms with E-state index in [4.69, 9.17) is 0 Å². The summed E-state index contributed by atoms with van der Waals surface area (Å²) < 4.78 is 31.4. The number of piperazine rings is 1. The highest BCUT2D eigenvalue weighted by Gasteiger charge is 2.34. The largest absolute Gasteiger partial charge is 0.387 e. The molecule has 0 bridgehead atoms. The molecular formula is C22H34N4O3S. The lowest BCUT2D eigenvalue weighted by Gasteiger charge is -2.38. The number of aromatic nitrogens is 1. The summed E-state index contributed by atoms with van der Waals surface area (Å²) >= 11 is 0. The Morgan fingerprint density at radius 1 is 1.03 bits per heavy atom. The third-order valence-electron chi connectivity index (χ3n) is 6.68. The molecule has 8 heteroatoms. The monoisotopic (exact) mass is 434 g/mol. The van der Waals surface area contributed by atoms with Crippen LogP contribution in [0.2, 0.25) is 0 Å². The Labute approximate surface area is 180 Å². The number of hydrogen-bond donors (Lipinski definition) is 1. The van der Waals surface area contributed by atoms with Crippen LogP contribution in [0.3, 0.4) is 0 Å². The number of hydrogen-bond acceptors (Lipinski definition) is 4. The van der Waals surface area contributed by atoms with Gasteiger partial charge < -0.3 is 9.67 Å².